The summed E-state index contributed by atoms with van der Waals surface area (Å²) in [6.45, 7) is 6.33. The number of carboxylic acids is 1. The van der Waals surface area contributed by atoms with Crippen molar-refractivity contribution in [1.82, 2.24) is 5.32 Å². The van der Waals surface area contributed by atoms with Crippen molar-refractivity contribution in [3.63, 3.8) is 0 Å². The molecular weight excluding hydrogens is 274 g/mol. The zero-order valence-corrected chi connectivity index (χ0v) is 12.5. The van der Waals surface area contributed by atoms with Crippen LogP contribution in [0.1, 0.15) is 31.1 Å². The molecule has 0 unspecified atom stereocenters. The average molecular weight is 295 g/mol. The van der Waals surface area contributed by atoms with Crippen molar-refractivity contribution < 1.29 is 24.2 Å². The molecule has 6 heteroatoms. The van der Waals surface area contributed by atoms with Gasteiger partial charge < -0.3 is 19.9 Å². The SMILES string of the molecule is CCOc1cc(C(=O)NCC(C)C)ccc1OCC(=O)O. The predicted octanol–water partition coefficient (Wildman–Crippen LogP) is 1.93. The molecule has 0 saturated carbocycles. The van der Waals surface area contributed by atoms with Gasteiger partial charge in [-0.05, 0) is 31.0 Å². The van der Waals surface area contributed by atoms with E-state index in [0.717, 1.165) is 0 Å². The molecule has 0 aliphatic heterocycles. The van der Waals surface area contributed by atoms with Crippen LogP contribution in [0, 0.1) is 5.92 Å². The zero-order valence-electron chi connectivity index (χ0n) is 12.5. The van der Waals surface area contributed by atoms with Gasteiger partial charge in [-0.25, -0.2) is 4.79 Å². The van der Waals surface area contributed by atoms with Gasteiger partial charge in [0.1, 0.15) is 0 Å². The van der Waals surface area contributed by atoms with E-state index in [2.05, 4.69) is 5.32 Å². The number of carbonyl (C=O) groups is 2. The smallest absolute Gasteiger partial charge is 0.341 e. The third-order valence-electron chi connectivity index (χ3n) is 2.53. The number of ether oxygens (including phenoxy) is 2. The zero-order chi connectivity index (χ0) is 15.8. The van der Waals surface area contributed by atoms with E-state index in [1.807, 2.05) is 13.8 Å². The first-order valence-electron chi connectivity index (χ1n) is 6.83. The summed E-state index contributed by atoms with van der Waals surface area (Å²) in [6.07, 6.45) is 0. The van der Waals surface area contributed by atoms with Gasteiger partial charge in [0.2, 0.25) is 0 Å². The largest absolute Gasteiger partial charge is 0.490 e. The van der Waals surface area contributed by atoms with Crippen molar-refractivity contribution >= 4 is 11.9 Å². The lowest BCUT2D eigenvalue weighted by molar-refractivity contribution is -0.139. The van der Waals surface area contributed by atoms with Gasteiger partial charge in [0, 0.05) is 12.1 Å². The molecule has 0 saturated heterocycles. The van der Waals surface area contributed by atoms with Gasteiger partial charge >= 0.3 is 5.97 Å². The number of carboxylic acid groups (broad SMARTS) is 1. The second kappa shape index (κ2) is 8.14. The van der Waals surface area contributed by atoms with Crippen LogP contribution in [0.25, 0.3) is 0 Å². The van der Waals surface area contributed by atoms with E-state index < -0.39 is 12.6 Å². The molecule has 1 rings (SSSR count). The number of hydrogen-bond acceptors (Lipinski definition) is 4. The van der Waals surface area contributed by atoms with E-state index >= 15 is 0 Å². The van der Waals surface area contributed by atoms with Gasteiger partial charge in [-0.3, -0.25) is 4.79 Å². The molecule has 1 amide bonds. The Bertz CT molecular complexity index is 499. The molecule has 1 aromatic rings. The van der Waals surface area contributed by atoms with Gasteiger partial charge in [-0.15, -0.1) is 0 Å². The summed E-state index contributed by atoms with van der Waals surface area (Å²) in [5.41, 5.74) is 0.446. The Labute approximate surface area is 124 Å². The highest BCUT2D eigenvalue weighted by Crippen LogP contribution is 2.28. The number of carbonyl (C=O) groups excluding carboxylic acids is 1. The van der Waals surface area contributed by atoms with Gasteiger partial charge in [0.25, 0.3) is 5.91 Å². The number of benzene rings is 1. The molecule has 0 bridgehead atoms. The Morgan fingerprint density at radius 1 is 1.24 bits per heavy atom. The third kappa shape index (κ3) is 5.72. The molecule has 0 radical (unpaired) electrons. The van der Waals surface area contributed by atoms with Crippen LogP contribution in [0.5, 0.6) is 11.5 Å². The minimum atomic E-state index is -1.07. The first-order valence-corrected chi connectivity index (χ1v) is 6.83. The molecule has 0 aromatic heterocycles. The lowest BCUT2D eigenvalue weighted by atomic mass is 10.1. The standard InChI is InChI=1S/C15H21NO5/c1-4-20-13-7-11(15(19)16-8-10(2)3)5-6-12(13)21-9-14(17)18/h5-7,10H,4,8-9H2,1-3H3,(H,16,19)(H,17,18). The first kappa shape index (κ1) is 16.8. The first-order chi connectivity index (χ1) is 9.93. The Morgan fingerprint density at radius 2 is 1.95 bits per heavy atom. The monoisotopic (exact) mass is 295 g/mol. The maximum absolute atomic E-state index is 12.0. The van der Waals surface area contributed by atoms with Crippen LogP contribution in [0.2, 0.25) is 0 Å². The fraction of sp³-hybridized carbons (Fsp3) is 0.467. The molecule has 0 spiro atoms. The van der Waals surface area contributed by atoms with Crippen molar-refractivity contribution in [1.29, 1.82) is 0 Å². The van der Waals surface area contributed by atoms with E-state index in [9.17, 15) is 9.59 Å². The van der Waals surface area contributed by atoms with Crippen LogP contribution in [-0.4, -0.2) is 36.7 Å². The summed E-state index contributed by atoms with van der Waals surface area (Å²) in [5.74, 6) is -0.250. The highest BCUT2D eigenvalue weighted by Gasteiger charge is 2.12. The van der Waals surface area contributed by atoms with Crippen LogP contribution < -0.4 is 14.8 Å². The van der Waals surface area contributed by atoms with Crippen molar-refractivity contribution in [2.24, 2.45) is 5.92 Å². The molecular formula is C15H21NO5. The van der Waals surface area contributed by atoms with Crippen molar-refractivity contribution in [2.75, 3.05) is 19.8 Å². The van der Waals surface area contributed by atoms with Crippen molar-refractivity contribution in [2.45, 2.75) is 20.8 Å². The Kier molecular flexibility index (Phi) is 6.52. The molecule has 0 heterocycles. The minimum Gasteiger partial charge on any atom is -0.490 e. The van der Waals surface area contributed by atoms with Crippen LogP contribution in [-0.2, 0) is 4.79 Å². The predicted molar refractivity (Wildman–Crippen MR) is 77.9 cm³/mol. The van der Waals surface area contributed by atoms with Gasteiger partial charge in [0.15, 0.2) is 18.1 Å². The molecule has 21 heavy (non-hydrogen) atoms. The molecule has 0 aliphatic carbocycles. The fourth-order valence-electron chi connectivity index (χ4n) is 1.58. The Balaban J connectivity index is 2.86. The number of rotatable bonds is 8. The summed E-state index contributed by atoms with van der Waals surface area (Å²) < 4.78 is 10.5. The molecule has 0 aliphatic rings. The molecule has 1 aromatic carbocycles. The molecule has 2 N–H and O–H groups in total. The maximum atomic E-state index is 12.0. The van der Waals surface area contributed by atoms with Gasteiger partial charge in [-0.1, -0.05) is 13.8 Å². The average Bonchev–Trinajstić information content (AvgIpc) is 2.43. The van der Waals surface area contributed by atoms with Crippen LogP contribution in [0.4, 0.5) is 0 Å². The summed E-state index contributed by atoms with van der Waals surface area (Å²) in [4.78, 5) is 22.5. The van der Waals surface area contributed by atoms with E-state index in [4.69, 9.17) is 14.6 Å². The second-order valence-corrected chi connectivity index (χ2v) is 4.88. The van der Waals surface area contributed by atoms with Crippen LogP contribution >= 0.6 is 0 Å². The summed E-state index contributed by atoms with van der Waals surface area (Å²) in [6, 6.07) is 4.67. The highest BCUT2D eigenvalue weighted by molar-refractivity contribution is 5.94. The van der Waals surface area contributed by atoms with E-state index in [1.165, 1.54) is 6.07 Å². The van der Waals surface area contributed by atoms with Gasteiger partial charge in [0.05, 0.1) is 6.61 Å². The lowest BCUT2D eigenvalue weighted by Gasteiger charge is -2.13. The second-order valence-electron chi connectivity index (χ2n) is 4.88. The Morgan fingerprint density at radius 3 is 2.52 bits per heavy atom. The van der Waals surface area contributed by atoms with Crippen molar-refractivity contribution in [3.8, 4) is 11.5 Å². The number of hydrogen-bond donors (Lipinski definition) is 2. The number of amides is 1. The summed E-state index contributed by atoms with van der Waals surface area (Å²) in [5, 5.41) is 11.4. The normalized spacial score (nSPS) is 10.3. The van der Waals surface area contributed by atoms with E-state index in [-0.39, 0.29) is 5.91 Å². The fourth-order valence-corrected chi connectivity index (χ4v) is 1.58. The summed E-state index contributed by atoms with van der Waals surface area (Å²) >= 11 is 0. The topological polar surface area (TPSA) is 84.9 Å². The minimum absolute atomic E-state index is 0.200. The van der Waals surface area contributed by atoms with E-state index in [0.29, 0.717) is 36.1 Å². The maximum Gasteiger partial charge on any atom is 0.341 e. The number of aliphatic carboxylic acids is 1. The third-order valence-corrected chi connectivity index (χ3v) is 2.53. The van der Waals surface area contributed by atoms with Crippen molar-refractivity contribution in [3.05, 3.63) is 23.8 Å². The van der Waals surface area contributed by atoms with Crippen LogP contribution in [0.3, 0.4) is 0 Å². The quantitative estimate of drug-likeness (QED) is 0.765. The Hall–Kier alpha value is -2.24. The molecule has 0 fully saturated rings. The van der Waals surface area contributed by atoms with Gasteiger partial charge in [-0.2, -0.15) is 0 Å². The lowest BCUT2D eigenvalue weighted by Crippen LogP contribution is -2.27. The molecule has 116 valence electrons. The van der Waals surface area contributed by atoms with Crippen LogP contribution in [0.15, 0.2) is 18.2 Å². The summed E-state index contributed by atoms with van der Waals surface area (Å²) in [7, 11) is 0. The highest BCUT2D eigenvalue weighted by atomic mass is 16.5. The van der Waals surface area contributed by atoms with E-state index in [1.54, 1.807) is 19.1 Å². The number of nitrogens with one attached hydrogen (secondary N) is 1. The molecule has 0 atom stereocenters. The molecule has 6 nitrogen and oxygen atoms in total.